The molecule has 0 aromatic heterocycles. The van der Waals surface area contributed by atoms with Crippen LogP contribution in [-0.2, 0) is 16.1 Å². The summed E-state index contributed by atoms with van der Waals surface area (Å²) in [6, 6.07) is 3.64. The number of nitrogens with zero attached hydrogens (tertiary/aromatic N) is 1. The molecule has 130 valence electrons. The van der Waals surface area contributed by atoms with Crippen molar-refractivity contribution >= 4 is 17.5 Å². The monoisotopic (exact) mass is 335 g/mol. The highest BCUT2D eigenvalue weighted by Gasteiger charge is 2.22. The Morgan fingerprint density at radius 1 is 1.25 bits per heavy atom. The van der Waals surface area contributed by atoms with Crippen molar-refractivity contribution in [3.63, 3.8) is 0 Å². The lowest BCUT2D eigenvalue weighted by Gasteiger charge is -2.10. The third-order valence-corrected chi connectivity index (χ3v) is 4.13. The maximum absolute atomic E-state index is 11.8. The molecule has 24 heavy (non-hydrogen) atoms. The van der Waals surface area contributed by atoms with Gasteiger partial charge in [0.25, 0.3) is 5.69 Å². The molecular formula is C16H21N3O5. The SMILES string of the molecule is O=C(CCNC(=O)C1CCCC1)NCc1cc([N+](=O)[O-])ccc1O. The Morgan fingerprint density at radius 2 is 1.96 bits per heavy atom. The van der Waals surface area contributed by atoms with Crippen molar-refractivity contribution in [3.05, 3.63) is 33.9 Å². The fourth-order valence-corrected chi connectivity index (χ4v) is 2.74. The zero-order chi connectivity index (χ0) is 17.5. The lowest BCUT2D eigenvalue weighted by Crippen LogP contribution is -2.33. The van der Waals surface area contributed by atoms with Gasteiger partial charge in [0, 0.05) is 43.1 Å². The van der Waals surface area contributed by atoms with Crippen LogP contribution >= 0.6 is 0 Å². The molecule has 0 heterocycles. The minimum Gasteiger partial charge on any atom is -0.508 e. The molecule has 0 aliphatic heterocycles. The van der Waals surface area contributed by atoms with Gasteiger partial charge in [0.05, 0.1) is 4.92 Å². The van der Waals surface area contributed by atoms with E-state index in [0.29, 0.717) is 0 Å². The van der Waals surface area contributed by atoms with E-state index in [4.69, 9.17) is 0 Å². The van der Waals surface area contributed by atoms with Gasteiger partial charge in [-0.15, -0.1) is 0 Å². The predicted octanol–water partition coefficient (Wildman–Crippen LogP) is 1.61. The molecule has 0 saturated heterocycles. The van der Waals surface area contributed by atoms with Crippen molar-refractivity contribution in [3.8, 4) is 5.75 Å². The Kier molecular flexibility index (Phi) is 6.11. The summed E-state index contributed by atoms with van der Waals surface area (Å²) >= 11 is 0. The number of nitro benzene ring substituents is 1. The summed E-state index contributed by atoms with van der Waals surface area (Å²) in [5.41, 5.74) is 0.119. The average Bonchev–Trinajstić information content (AvgIpc) is 3.08. The number of aromatic hydroxyl groups is 1. The first-order valence-corrected chi connectivity index (χ1v) is 7.98. The van der Waals surface area contributed by atoms with E-state index in [1.54, 1.807) is 0 Å². The molecule has 8 heteroatoms. The lowest BCUT2D eigenvalue weighted by atomic mass is 10.1. The van der Waals surface area contributed by atoms with E-state index < -0.39 is 4.92 Å². The topological polar surface area (TPSA) is 122 Å². The van der Waals surface area contributed by atoms with Gasteiger partial charge in [-0.3, -0.25) is 19.7 Å². The quantitative estimate of drug-likeness (QED) is 0.516. The van der Waals surface area contributed by atoms with Gasteiger partial charge in [-0.05, 0) is 18.9 Å². The molecule has 0 radical (unpaired) electrons. The van der Waals surface area contributed by atoms with Gasteiger partial charge in [0.1, 0.15) is 5.75 Å². The number of phenolic OH excluding ortho intramolecular Hbond substituents is 1. The Hall–Kier alpha value is -2.64. The van der Waals surface area contributed by atoms with Crippen LogP contribution < -0.4 is 10.6 Å². The van der Waals surface area contributed by atoms with E-state index >= 15 is 0 Å². The number of carbonyl (C=O) groups excluding carboxylic acids is 2. The summed E-state index contributed by atoms with van der Waals surface area (Å²) in [4.78, 5) is 33.7. The van der Waals surface area contributed by atoms with E-state index in [1.807, 2.05) is 0 Å². The molecule has 3 N–H and O–H groups in total. The third-order valence-electron chi connectivity index (χ3n) is 4.13. The smallest absolute Gasteiger partial charge is 0.270 e. The van der Waals surface area contributed by atoms with Gasteiger partial charge < -0.3 is 15.7 Å². The molecule has 0 unspecified atom stereocenters. The van der Waals surface area contributed by atoms with Gasteiger partial charge in [0.2, 0.25) is 11.8 Å². The number of non-ortho nitro benzene ring substituents is 1. The van der Waals surface area contributed by atoms with Crippen molar-refractivity contribution in [1.29, 1.82) is 0 Å². The second-order valence-corrected chi connectivity index (χ2v) is 5.87. The van der Waals surface area contributed by atoms with Crippen molar-refractivity contribution in [2.75, 3.05) is 6.54 Å². The van der Waals surface area contributed by atoms with Crippen LogP contribution in [0.5, 0.6) is 5.75 Å². The summed E-state index contributed by atoms with van der Waals surface area (Å²) in [7, 11) is 0. The van der Waals surface area contributed by atoms with Crippen LogP contribution in [0, 0.1) is 16.0 Å². The molecule has 0 spiro atoms. The first-order chi connectivity index (χ1) is 11.5. The van der Waals surface area contributed by atoms with E-state index in [-0.39, 0.29) is 54.2 Å². The molecule has 2 rings (SSSR count). The number of hydrogen-bond acceptors (Lipinski definition) is 5. The van der Waals surface area contributed by atoms with Crippen molar-refractivity contribution in [1.82, 2.24) is 10.6 Å². The van der Waals surface area contributed by atoms with Crippen LogP contribution in [0.1, 0.15) is 37.7 Å². The molecule has 1 aliphatic carbocycles. The normalized spacial score (nSPS) is 14.3. The van der Waals surface area contributed by atoms with Gasteiger partial charge in [-0.2, -0.15) is 0 Å². The van der Waals surface area contributed by atoms with Crippen molar-refractivity contribution in [2.45, 2.75) is 38.6 Å². The molecule has 2 amide bonds. The fourth-order valence-electron chi connectivity index (χ4n) is 2.74. The number of phenols is 1. The van der Waals surface area contributed by atoms with Crippen LogP contribution in [0.25, 0.3) is 0 Å². The van der Waals surface area contributed by atoms with E-state index in [2.05, 4.69) is 10.6 Å². The predicted molar refractivity (Wildman–Crippen MR) is 86.2 cm³/mol. The zero-order valence-electron chi connectivity index (χ0n) is 13.3. The molecule has 1 aromatic rings. The number of carbonyl (C=O) groups is 2. The highest BCUT2D eigenvalue weighted by atomic mass is 16.6. The summed E-state index contributed by atoms with van der Waals surface area (Å²) in [5.74, 6) is -0.352. The minimum atomic E-state index is -0.566. The average molecular weight is 335 g/mol. The molecule has 8 nitrogen and oxygen atoms in total. The Balaban J connectivity index is 1.74. The standard InChI is InChI=1S/C16H21N3O5/c20-14-6-5-13(19(23)24)9-12(14)10-18-15(21)7-8-17-16(22)11-3-1-2-4-11/h5-6,9,11,20H,1-4,7-8,10H2,(H,17,22)(H,18,21). The summed E-state index contributed by atoms with van der Waals surface area (Å²) in [6.45, 7) is 0.241. The first kappa shape index (κ1) is 17.7. The zero-order valence-corrected chi connectivity index (χ0v) is 13.3. The van der Waals surface area contributed by atoms with Gasteiger partial charge >= 0.3 is 0 Å². The Labute approximate surface area is 139 Å². The van der Waals surface area contributed by atoms with Crippen LogP contribution in [0.4, 0.5) is 5.69 Å². The minimum absolute atomic E-state index is 0.00312. The highest BCUT2D eigenvalue weighted by Crippen LogP contribution is 2.24. The van der Waals surface area contributed by atoms with Crippen LogP contribution in [0.3, 0.4) is 0 Å². The third kappa shape index (κ3) is 4.94. The number of nitro groups is 1. The van der Waals surface area contributed by atoms with Crippen LogP contribution in [-0.4, -0.2) is 28.4 Å². The second kappa shape index (κ2) is 8.28. The molecular weight excluding hydrogens is 314 g/mol. The molecule has 1 saturated carbocycles. The molecule has 1 fully saturated rings. The number of rotatable bonds is 7. The number of nitrogens with one attached hydrogen (secondary N) is 2. The molecule has 1 aliphatic rings. The summed E-state index contributed by atoms with van der Waals surface area (Å²) in [5, 5.41) is 25.7. The maximum atomic E-state index is 11.8. The molecule has 0 bridgehead atoms. The van der Waals surface area contributed by atoms with Crippen LogP contribution in [0.2, 0.25) is 0 Å². The van der Waals surface area contributed by atoms with E-state index in [9.17, 15) is 24.8 Å². The van der Waals surface area contributed by atoms with Crippen molar-refractivity contribution in [2.24, 2.45) is 5.92 Å². The van der Waals surface area contributed by atoms with Gasteiger partial charge in [0.15, 0.2) is 0 Å². The fraction of sp³-hybridized carbons (Fsp3) is 0.500. The molecule has 0 atom stereocenters. The first-order valence-electron chi connectivity index (χ1n) is 7.98. The Bertz CT molecular complexity index is 626. The number of amides is 2. The van der Waals surface area contributed by atoms with Crippen LogP contribution in [0.15, 0.2) is 18.2 Å². The number of benzene rings is 1. The largest absolute Gasteiger partial charge is 0.508 e. The van der Waals surface area contributed by atoms with Gasteiger partial charge in [-0.1, -0.05) is 12.8 Å². The highest BCUT2D eigenvalue weighted by molar-refractivity contribution is 5.80. The van der Waals surface area contributed by atoms with E-state index in [0.717, 1.165) is 25.7 Å². The van der Waals surface area contributed by atoms with Crippen molar-refractivity contribution < 1.29 is 19.6 Å². The Morgan fingerprint density at radius 3 is 2.62 bits per heavy atom. The summed E-state index contributed by atoms with van der Waals surface area (Å²) < 4.78 is 0. The van der Waals surface area contributed by atoms with E-state index in [1.165, 1.54) is 18.2 Å². The lowest BCUT2D eigenvalue weighted by molar-refractivity contribution is -0.384. The number of hydrogen-bond donors (Lipinski definition) is 3. The summed E-state index contributed by atoms with van der Waals surface area (Å²) in [6.07, 6.45) is 4.08. The van der Waals surface area contributed by atoms with Gasteiger partial charge in [-0.25, -0.2) is 0 Å². The molecule has 1 aromatic carbocycles. The maximum Gasteiger partial charge on any atom is 0.270 e. The second-order valence-electron chi connectivity index (χ2n) is 5.87.